The van der Waals surface area contributed by atoms with E-state index in [1.165, 1.54) is 30.9 Å². The summed E-state index contributed by atoms with van der Waals surface area (Å²) in [5, 5.41) is 4.11. The number of amides is 1. The normalized spacial score (nSPS) is 30.7. The molecule has 2 aromatic rings. The molecule has 1 aromatic carbocycles. The van der Waals surface area contributed by atoms with Crippen LogP contribution in [0.4, 0.5) is 0 Å². The Labute approximate surface area is 300 Å². The molecule has 5 heterocycles. The molecule has 1 aromatic heterocycles. The summed E-state index contributed by atoms with van der Waals surface area (Å²) in [7, 11) is 3.88. The zero-order valence-electron chi connectivity index (χ0n) is 29.0. The first kappa shape index (κ1) is 33.6. The van der Waals surface area contributed by atoms with E-state index in [0.717, 1.165) is 53.7 Å². The Morgan fingerprint density at radius 3 is 2.76 bits per heavy atom. The third-order valence-corrected chi connectivity index (χ3v) is 15.4. The van der Waals surface area contributed by atoms with E-state index in [9.17, 15) is 14.4 Å². The Kier molecular flexibility index (Phi) is 8.45. The van der Waals surface area contributed by atoms with Gasteiger partial charge in [0.05, 0.1) is 18.2 Å². The minimum atomic E-state index is -1.10. The summed E-state index contributed by atoms with van der Waals surface area (Å²) in [4.78, 5) is 42.3. The molecular weight excluding hydrogens is 671 g/mol. The molecule has 2 fully saturated rings. The van der Waals surface area contributed by atoms with E-state index < -0.39 is 22.8 Å². The second-order valence-corrected chi connectivity index (χ2v) is 17.7. The van der Waals surface area contributed by atoms with Gasteiger partial charge in [-0.05, 0) is 75.0 Å². The average molecular weight is 716 g/mol. The molecular formula is C39H45N3O6S2. The van der Waals surface area contributed by atoms with E-state index in [0.29, 0.717) is 42.1 Å². The van der Waals surface area contributed by atoms with Crippen LogP contribution in [-0.2, 0) is 20.7 Å². The van der Waals surface area contributed by atoms with Crippen molar-refractivity contribution in [2.24, 2.45) is 11.7 Å². The van der Waals surface area contributed by atoms with Crippen LogP contribution in [0.3, 0.4) is 0 Å². The van der Waals surface area contributed by atoms with Crippen LogP contribution in [0.25, 0.3) is 11.0 Å². The zero-order valence-corrected chi connectivity index (χ0v) is 30.6. The molecule has 50 heavy (non-hydrogen) atoms. The van der Waals surface area contributed by atoms with Gasteiger partial charge in [0, 0.05) is 65.6 Å². The fraction of sp³-hybridized carbons (Fsp3) is 0.513. The standard InChI is InChI=1S/C39H45N3O6S2/c1-4-23(2)36(45)48-37(3)14-10-25-22-49-50-38(12-6-5-7-13-38)31-11-15-42(31)33(43)17-27-21-41-32(40)18-28(27)35(25)39(37)20-26-16-24-8-9-34(44)46-29(24)19-30(26)47-39/h4,8-10,16,18-19,31,35,41H,5-7,11-15,17,20-22,40H2,1-3H3. The maximum atomic E-state index is 14.3. The van der Waals surface area contributed by atoms with Crippen molar-refractivity contribution in [3.63, 3.8) is 0 Å². The van der Waals surface area contributed by atoms with Crippen molar-refractivity contribution in [3.05, 3.63) is 86.6 Å². The van der Waals surface area contributed by atoms with Gasteiger partial charge in [-0.25, -0.2) is 9.59 Å². The highest BCUT2D eigenvalue weighted by molar-refractivity contribution is 8.77. The van der Waals surface area contributed by atoms with E-state index in [-0.39, 0.29) is 29.0 Å². The van der Waals surface area contributed by atoms with Gasteiger partial charge in [-0.15, -0.1) is 0 Å². The van der Waals surface area contributed by atoms with Crippen molar-refractivity contribution in [2.45, 2.75) is 101 Å². The molecule has 6 aliphatic rings. The van der Waals surface area contributed by atoms with Crippen molar-refractivity contribution in [2.75, 3.05) is 18.8 Å². The van der Waals surface area contributed by atoms with Crippen molar-refractivity contribution in [1.82, 2.24) is 10.2 Å². The van der Waals surface area contributed by atoms with E-state index in [1.54, 1.807) is 25.1 Å². The Balaban J connectivity index is 1.31. The Bertz CT molecular complexity index is 1960. The SMILES string of the molecule is CC=C(C)C(=O)OC1(C)CC=C2CSSC3(CCCCC3)C3CCN3C(=O)CC3=C(C=C(N)NC3)C2C12Cc1cc3ccc(=O)oc3cc1O2. The van der Waals surface area contributed by atoms with Crippen molar-refractivity contribution >= 4 is 44.4 Å². The van der Waals surface area contributed by atoms with Crippen LogP contribution in [0.5, 0.6) is 5.75 Å². The highest BCUT2D eigenvalue weighted by atomic mass is 33.1. The van der Waals surface area contributed by atoms with Crippen LogP contribution < -0.4 is 21.4 Å². The minimum absolute atomic E-state index is 0.0446. The van der Waals surface area contributed by atoms with Crippen LogP contribution >= 0.6 is 21.6 Å². The topological polar surface area (TPSA) is 124 Å². The van der Waals surface area contributed by atoms with Crippen LogP contribution in [0.2, 0.25) is 0 Å². The number of nitrogens with two attached hydrogens (primary N) is 1. The number of rotatable bonds is 2. The lowest BCUT2D eigenvalue weighted by Gasteiger charge is -2.55. The van der Waals surface area contributed by atoms with Gasteiger partial charge in [-0.3, -0.25) is 4.79 Å². The third-order valence-electron chi connectivity index (χ3n) is 12.1. The predicted octanol–water partition coefficient (Wildman–Crippen LogP) is 6.47. The van der Waals surface area contributed by atoms with Gasteiger partial charge in [0.15, 0.2) is 11.2 Å². The highest BCUT2D eigenvalue weighted by Gasteiger charge is 2.64. The lowest BCUT2D eigenvalue weighted by atomic mass is 9.61. The first-order chi connectivity index (χ1) is 24.0. The second kappa shape index (κ2) is 12.6. The summed E-state index contributed by atoms with van der Waals surface area (Å²) in [6.07, 6.45) is 14.1. The van der Waals surface area contributed by atoms with Gasteiger partial charge in [0.1, 0.15) is 11.3 Å². The second-order valence-electron chi connectivity index (χ2n) is 15.0. The number of dihydropyridines is 1. The summed E-state index contributed by atoms with van der Waals surface area (Å²) >= 11 is 0. The monoisotopic (exact) mass is 715 g/mol. The van der Waals surface area contributed by atoms with Gasteiger partial charge in [-0.1, -0.05) is 58.6 Å². The molecule has 4 unspecified atom stereocenters. The summed E-state index contributed by atoms with van der Waals surface area (Å²) in [6, 6.07) is 7.26. The fourth-order valence-corrected chi connectivity index (χ4v) is 12.8. The quantitative estimate of drug-likeness (QED) is 0.118. The number of hydrogen-bond acceptors (Lipinski definition) is 10. The van der Waals surface area contributed by atoms with Gasteiger partial charge >= 0.3 is 11.6 Å². The van der Waals surface area contributed by atoms with Crippen molar-refractivity contribution in [3.8, 4) is 5.75 Å². The summed E-state index contributed by atoms with van der Waals surface area (Å²) in [5.74, 6) is 1.26. The summed E-state index contributed by atoms with van der Waals surface area (Å²) in [6.45, 7) is 6.81. The van der Waals surface area contributed by atoms with E-state index in [1.807, 2.05) is 47.6 Å². The minimum Gasteiger partial charge on any atom is -0.481 e. The van der Waals surface area contributed by atoms with Gasteiger partial charge in [-0.2, -0.15) is 0 Å². The van der Waals surface area contributed by atoms with Gasteiger partial charge in [0.25, 0.3) is 0 Å². The van der Waals surface area contributed by atoms with E-state index in [2.05, 4.69) is 16.3 Å². The predicted molar refractivity (Wildman–Crippen MR) is 198 cm³/mol. The number of fused-ring (bicyclic) bond motifs is 7. The number of hydrogen-bond donors (Lipinski definition) is 2. The molecule has 0 radical (unpaired) electrons. The number of carbonyl (C=O) groups excluding carboxylic acids is 2. The number of esters is 1. The van der Waals surface area contributed by atoms with Crippen molar-refractivity contribution < 1.29 is 23.5 Å². The number of nitrogens with one attached hydrogen (secondary N) is 1. The molecule has 4 atom stereocenters. The maximum Gasteiger partial charge on any atom is 0.336 e. The smallest absolute Gasteiger partial charge is 0.336 e. The number of allylic oxidation sites excluding steroid dienone is 2. The Morgan fingerprint density at radius 1 is 1.18 bits per heavy atom. The van der Waals surface area contributed by atoms with Crippen LogP contribution in [-0.4, -0.2) is 57.6 Å². The Hall–Kier alpha value is -3.57. The van der Waals surface area contributed by atoms with Gasteiger partial charge in [0.2, 0.25) is 5.91 Å². The molecule has 9 nitrogen and oxygen atoms in total. The summed E-state index contributed by atoms with van der Waals surface area (Å²) < 4.78 is 19.4. The molecule has 264 valence electrons. The zero-order chi connectivity index (χ0) is 34.8. The van der Waals surface area contributed by atoms with Crippen molar-refractivity contribution in [1.29, 1.82) is 0 Å². The number of carbonyl (C=O) groups is 2. The molecule has 1 saturated carbocycles. The highest BCUT2D eigenvalue weighted by Crippen LogP contribution is 2.59. The molecule has 3 N–H and O–H groups in total. The lowest BCUT2D eigenvalue weighted by Crippen LogP contribution is -2.65. The van der Waals surface area contributed by atoms with Crippen LogP contribution in [0.15, 0.2) is 79.8 Å². The number of benzene rings is 1. The van der Waals surface area contributed by atoms with Crippen LogP contribution in [0.1, 0.15) is 77.7 Å². The first-order valence-corrected chi connectivity index (χ1v) is 20.2. The molecule has 8 rings (SSSR count). The molecule has 2 aliphatic carbocycles. The molecule has 4 aliphatic heterocycles. The van der Waals surface area contributed by atoms with E-state index >= 15 is 0 Å². The van der Waals surface area contributed by atoms with Gasteiger partial charge < -0.3 is 29.8 Å². The average Bonchev–Trinajstić information content (AvgIpc) is 3.44. The lowest BCUT2D eigenvalue weighted by molar-refractivity contribution is -0.186. The maximum absolute atomic E-state index is 14.3. The third kappa shape index (κ3) is 5.41. The molecule has 0 bridgehead atoms. The fourth-order valence-electron chi connectivity index (χ4n) is 9.13. The molecule has 11 heteroatoms. The Morgan fingerprint density at radius 2 is 2.00 bits per heavy atom. The largest absolute Gasteiger partial charge is 0.481 e. The molecule has 2 spiro atoms. The summed E-state index contributed by atoms with van der Waals surface area (Å²) in [5.41, 5.74) is 8.93. The molecule has 1 amide bonds. The first-order valence-electron chi connectivity index (χ1n) is 17.9. The molecule has 1 saturated heterocycles. The number of ether oxygens (including phenoxy) is 2. The number of nitrogens with zero attached hydrogens (tertiary/aromatic N) is 1. The van der Waals surface area contributed by atoms with E-state index in [4.69, 9.17) is 19.6 Å². The van der Waals surface area contributed by atoms with Crippen LogP contribution in [0, 0.1) is 5.92 Å².